The summed E-state index contributed by atoms with van der Waals surface area (Å²) >= 11 is 0. The maximum Gasteiger partial charge on any atom is 0.124 e. The minimum absolute atomic E-state index is 0.178. The lowest BCUT2D eigenvalue weighted by atomic mass is 10.1. The molecule has 1 aromatic rings. The zero-order valence-corrected chi connectivity index (χ0v) is 17.3. The van der Waals surface area contributed by atoms with E-state index in [0.29, 0.717) is 0 Å². The zero-order chi connectivity index (χ0) is 19.8. The van der Waals surface area contributed by atoms with E-state index in [1.165, 1.54) is 89.0 Å². The van der Waals surface area contributed by atoms with E-state index in [1.807, 2.05) is 0 Å². The van der Waals surface area contributed by atoms with E-state index >= 15 is 0 Å². The monoisotopic (exact) mass is 365 g/mol. The molecule has 0 spiro atoms. The normalized spacial score (nSPS) is 10.9. The average molecular weight is 366 g/mol. The van der Waals surface area contributed by atoms with Gasteiger partial charge in [0, 0.05) is 5.56 Å². The third-order valence-corrected chi connectivity index (χ3v) is 4.31. The van der Waals surface area contributed by atoms with Crippen LogP contribution in [0.15, 0.2) is 24.3 Å². The van der Waals surface area contributed by atoms with Crippen molar-refractivity contribution in [1.29, 1.82) is 0 Å². The number of aromatic hydroxyl groups is 1. The number of nitrogens with zero attached hydrogens (tertiary/aromatic N) is 1. The van der Waals surface area contributed by atoms with Gasteiger partial charge in [0.15, 0.2) is 0 Å². The van der Waals surface area contributed by atoms with Gasteiger partial charge >= 0.3 is 0 Å². The molecule has 0 radical (unpaired) electrons. The van der Waals surface area contributed by atoms with Gasteiger partial charge in [0.05, 0.1) is 33.7 Å². The third-order valence-electron chi connectivity index (χ3n) is 4.31. The fraction of sp³-hybridized carbons (Fsp3) is 0.682. The molecule has 4 nitrogen and oxygen atoms in total. The van der Waals surface area contributed by atoms with Crippen LogP contribution in [0, 0.1) is 0 Å². The Kier molecular flexibility index (Phi) is 13.7. The van der Waals surface area contributed by atoms with Gasteiger partial charge in [0.25, 0.3) is 0 Å². The average Bonchev–Trinajstić information content (AvgIpc) is 2.56. The first kappa shape index (κ1) is 24.5. The lowest BCUT2D eigenvalue weighted by molar-refractivity contribution is -0.870. The molecule has 1 N–H and O–H groups in total. The van der Waals surface area contributed by atoms with E-state index in [-0.39, 0.29) is 11.3 Å². The van der Waals surface area contributed by atoms with Gasteiger partial charge in [-0.25, -0.2) is 0 Å². The second-order valence-corrected chi connectivity index (χ2v) is 8.00. The molecule has 150 valence electrons. The lowest BCUT2D eigenvalue weighted by Gasteiger charge is -2.23. The number of carbonyl (C=O) groups excluding carboxylic acids is 1. The van der Waals surface area contributed by atoms with Crippen LogP contribution in [0.5, 0.6) is 5.75 Å². The number of unbranched alkanes of at least 4 members (excludes halogenated alkanes) is 9. The van der Waals surface area contributed by atoms with Gasteiger partial charge in [-0.15, -0.1) is 0 Å². The van der Waals surface area contributed by atoms with Crippen LogP contribution in [0.3, 0.4) is 0 Å². The molecule has 0 aliphatic rings. The quantitative estimate of drug-likeness (QED) is 0.442. The second-order valence-electron chi connectivity index (χ2n) is 8.00. The molecular weight excluding hydrogens is 326 g/mol. The van der Waals surface area contributed by atoms with E-state index in [1.54, 1.807) is 6.07 Å². The number of benzene rings is 1. The first-order valence-corrected chi connectivity index (χ1v) is 10.1. The van der Waals surface area contributed by atoms with Gasteiger partial charge < -0.3 is 19.5 Å². The molecule has 0 bridgehead atoms. The summed E-state index contributed by atoms with van der Waals surface area (Å²) < 4.78 is 1.12. The van der Waals surface area contributed by atoms with Crippen molar-refractivity contribution in [2.75, 3.05) is 27.7 Å². The Morgan fingerprint density at radius 3 is 1.73 bits per heavy atom. The molecule has 1 rings (SSSR count). The summed E-state index contributed by atoms with van der Waals surface area (Å²) in [5.74, 6) is -1.62. The zero-order valence-electron chi connectivity index (χ0n) is 17.3. The Morgan fingerprint density at radius 1 is 0.885 bits per heavy atom. The first-order valence-electron chi connectivity index (χ1n) is 10.1. The van der Waals surface area contributed by atoms with Crippen molar-refractivity contribution < 1.29 is 19.5 Å². The maximum atomic E-state index is 10.2. The summed E-state index contributed by atoms with van der Waals surface area (Å²) in [7, 11) is 6.86. The highest BCUT2D eigenvalue weighted by molar-refractivity contribution is 5.88. The number of para-hydroxylation sites is 1. The number of aromatic carboxylic acids is 1. The number of rotatable bonds is 12. The largest absolute Gasteiger partial charge is 0.545 e. The fourth-order valence-corrected chi connectivity index (χ4v) is 2.72. The summed E-state index contributed by atoms with van der Waals surface area (Å²) in [4.78, 5) is 10.2. The van der Waals surface area contributed by atoms with Gasteiger partial charge in [-0.05, 0) is 25.0 Å². The highest BCUT2D eigenvalue weighted by Gasteiger charge is 2.04. The van der Waals surface area contributed by atoms with Crippen LogP contribution in [0.4, 0.5) is 0 Å². The van der Waals surface area contributed by atoms with E-state index in [0.717, 1.165) is 4.48 Å². The van der Waals surface area contributed by atoms with Gasteiger partial charge in [0.2, 0.25) is 0 Å². The van der Waals surface area contributed by atoms with Gasteiger partial charge in [-0.2, -0.15) is 0 Å². The Morgan fingerprint density at radius 2 is 1.35 bits per heavy atom. The van der Waals surface area contributed by atoms with E-state index < -0.39 is 5.97 Å². The Bertz CT molecular complexity index is 481. The Balaban J connectivity index is 0.000000531. The number of carboxylic acids is 1. The van der Waals surface area contributed by atoms with Crippen LogP contribution >= 0.6 is 0 Å². The third kappa shape index (κ3) is 14.8. The number of hydrogen-bond donors (Lipinski definition) is 1. The predicted octanol–water partition coefficient (Wildman–Crippen LogP) is 4.37. The molecule has 0 amide bonds. The number of hydrogen-bond acceptors (Lipinski definition) is 3. The molecule has 26 heavy (non-hydrogen) atoms. The Hall–Kier alpha value is -1.55. The minimum Gasteiger partial charge on any atom is -0.545 e. The summed E-state index contributed by atoms with van der Waals surface area (Å²) in [6.45, 7) is 3.62. The smallest absolute Gasteiger partial charge is 0.124 e. The fourth-order valence-electron chi connectivity index (χ4n) is 2.72. The van der Waals surface area contributed by atoms with Crippen LogP contribution in [0.25, 0.3) is 0 Å². The highest BCUT2D eigenvalue weighted by atomic mass is 16.4. The minimum atomic E-state index is -1.36. The van der Waals surface area contributed by atoms with Crippen LogP contribution in [-0.4, -0.2) is 43.2 Å². The molecule has 0 heterocycles. The molecule has 0 fully saturated rings. The van der Waals surface area contributed by atoms with Crippen LogP contribution in [0.1, 0.15) is 81.5 Å². The molecule has 0 atom stereocenters. The molecule has 0 aromatic heterocycles. The molecule has 1 aromatic carbocycles. The topological polar surface area (TPSA) is 60.4 Å². The highest BCUT2D eigenvalue weighted by Crippen LogP contribution is 2.13. The number of carboxylic acid groups (broad SMARTS) is 1. The summed E-state index contributed by atoms with van der Waals surface area (Å²) in [6, 6.07) is 5.64. The molecule has 0 saturated carbocycles. The molecule has 4 heteroatoms. The standard InChI is InChI=1S/C15H34N.C7H6O3/c1-5-6-7-8-9-10-11-12-13-14-15-16(2,3)4;8-6-4-2-1-3-5(6)7(9)10/h5-15H2,1-4H3;1-4,8H,(H,9,10)/q+1;/p-1. The van der Waals surface area contributed by atoms with Gasteiger partial charge in [-0.3, -0.25) is 0 Å². The van der Waals surface area contributed by atoms with E-state index in [4.69, 9.17) is 5.11 Å². The SMILES string of the molecule is CCCCCCCCCCCC[N+](C)(C)C.O=C([O-])c1ccccc1O. The predicted molar refractivity (Wildman–Crippen MR) is 107 cm³/mol. The van der Waals surface area contributed by atoms with Gasteiger partial charge in [-0.1, -0.05) is 70.4 Å². The van der Waals surface area contributed by atoms with E-state index in [2.05, 4.69) is 28.1 Å². The van der Waals surface area contributed by atoms with Crippen molar-refractivity contribution in [3.05, 3.63) is 29.8 Å². The van der Waals surface area contributed by atoms with Crippen LogP contribution in [-0.2, 0) is 0 Å². The maximum absolute atomic E-state index is 10.2. The van der Waals surface area contributed by atoms with Crippen molar-refractivity contribution in [3.8, 4) is 5.75 Å². The summed E-state index contributed by atoms with van der Waals surface area (Å²) in [6.07, 6.45) is 14.4. The lowest BCUT2D eigenvalue weighted by Crippen LogP contribution is -2.35. The molecule has 0 aliphatic carbocycles. The number of carbonyl (C=O) groups is 1. The number of quaternary nitrogens is 1. The van der Waals surface area contributed by atoms with Gasteiger partial charge in [0.1, 0.15) is 5.75 Å². The first-order chi connectivity index (χ1) is 12.3. The van der Waals surface area contributed by atoms with Crippen molar-refractivity contribution in [2.24, 2.45) is 0 Å². The van der Waals surface area contributed by atoms with Crippen LogP contribution < -0.4 is 5.11 Å². The van der Waals surface area contributed by atoms with Crippen LogP contribution in [0.2, 0.25) is 0 Å². The molecule has 0 aliphatic heterocycles. The van der Waals surface area contributed by atoms with Crippen molar-refractivity contribution in [3.63, 3.8) is 0 Å². The second kappa shape index (κ2) is 14.6. The molecule has 0 saturated heterocycles. The van der Waals surface area contributed by atoms with Crippen molar-refractivity contribution in [1.82, 2.24) is 0 Å². The number of phenols is 1. The summed E-state index contributed by atoms with van der Waals surface area (Å²) in [5.41, 5.74) is -0.178. The van der Waals surface area contributed by atoms with Crippen molar-refractivity contribution in [2.45, 2.75) is 71.1 Å². The molecular formula is C22H39NO3. The summed E-state index contributed by atoms with van der Waals surface area (Å²) in [5, 5.41) is 19.0. The van der Waals surface area contributed by atoms with E-state index in [9.17, 15) is 9.90 Å². The van der Waals surface area contributed by atoms with Crippen molar-refractivity contribution >= 4 is 5.97 Å². The Labute approximate surface area is 160 Å². The molecule has 0 unspecified atom stereocenters.